The molecule has 0 saturated carbocycles. The number of aryl methyl sites for hydroxylation is 2. The van der Waals surface area contributed by atoms with Crippen molar-refractivity contribution in [3.8, 4) is 17.1 Å². The Morgan fingerprint density at radius 3 is 2.40 bits per heavy atom. The van der Waals surface area contributed by atoms with E-state index in [2.05, 4.69) is 15.0 Å². The number of rotatable bonds is 10. The van der Waals surface area contributed by atoms with Gasteiger partial charge in [-0.2, -0.15) is 0 Å². The molecule has 0 atom stereocenters. The van der Waals surface area contributed by atoms with Crippen molar-refractivity contribution in [3.63, 3.8) is 0 Å². The molecule has 0 fully saturated rings. The molecule has 4 rings (SSSR count). The van der Waals surface area contributed by atoms with Crippen LogP contribution < -0.4 is 4.74 Å². The van der Waals surface area contributed by atoms with Crippen molar-refractivity contribution in [3.05, 3.63) is 89.3 Å². The maximum absolute atomic E-state index is 11.5. The third kappa shape index (κ3) is 5.96. The van der Waals surface area contributed by atoms with Gasteiger partial charge in [-0.15, -0.1) is 0 Å². The highest BCUT2D eigenvalue weighted by atomic mass is 16.5. The van der Waals surface area contributed by atoms with Crippen molar-refractivity contribution < 1.29 is 23.6 Å². The Morgan fingerprint density at radius 2 is 1.77 bits per heavy atom. The first-order chi connectivity index (χ1) is 16.7. The molecule has 0 bridgehead atoms. The normalized spacial score (nSPS) is 11.7. The maximum Gasteiger partial charge on any atom is 0.347 e. The SMILES string of the molecule is Cc1cc(CN(Cc2cc(-c3ccccc3)on2)Cc2ncco2)cc(C)c1OC(C)(C)C(=O)O. The second kappa shape index (κ2) is 10.1. The summed E-state index contributed by atoms with van der Waals surface area (Å²) in [6.45, 7) is 8.55. The third-order valence-electron chi connectivity index (χ3n) is 5.64. The van der Waals surface area contributed by atoms with Gasteiger partial charge in [-0.3, -0.25) is 4.90 Å². The second-order valence-corrected chi connectivity index (χ2v) is 9.10. The number of carbonyl (C=O) groups is 1. The standard InChI is InChI=1S/C27H29N3O5/c1-18-12-20(13-19(2)25(18)34-27(3,4)26(31)32)15-30(17-24-28-10-11-33-24)16-22-14-23(35-29-22)21-8-6-5-7-9-21/h5-14H,15-17H2,1-4H3,(H,31,32). The van der Waals surface area contributed by atoms with Crippen LogP contribution in [0.1, 0.15) is 42.1 Å². The molecular weight excluding hydrogens is 446 g/mol. The lowest BCUT2D eigenvalue weighted by Gasteiger charge is -2.25. The first kappa shape index (κ1) is 24.2. The summed E-state index contributed by atoms with van der Waals surface area (Å²) in [4.78, 5) is 17.9. The van der Waals surface area contributed by atoms with E-state index in [-0.39, 0.29) is 0 Å². The van der Waals surface area contributed by atoms with Gasteiger partial charge in [-0.05, 0) is 44.4 Å². The molecule has 35 heavy (non-hydrogen) atoms. The first-order valence-corrected chi connectivity index (χ1v) is 11.4. The molecule has 4 aromatic rings. The summed E-state index contributed by atoms with van der Waals surface area (Å²) in [5.41, 5.74) is 3.25. The average Bonchev–Trinajstić information content (AvgIpc) is 3.49. The van der Waals surface area contributed by atoms with E-state index < -0.39 is 11.6 Å². The Balaban J connectivity index is 1.55. The number of benzene rings is 2. The highest BCUT2D eigenvalue weighted by molar-refractivity contribution is 5.77. The molecule has 0 amide bonds. The van der Waals surface area contributed by atoms with Crippen molar-refractivity contribution in [2.45, 2.75) is 52.9 Å². The smallest absolute Gasteiger partial charge is 0.347 e. The molecule has 0 saturated heterocycles. The number of aliphatic carboxylic acids is 1. The highest BCUT2D eigenvalue weighted by Gasteiger charge is 2.30. The molecule has 0 unspecified atom stereocenters. The van der Waals surface area contributed by atoms with Gasteiger partial charge >= 0.3 is 5.97 Å². The van der Waals surface area contributed by atoms with E-state index >= 15 is 0 Å². The van der Waals surface area contributed by atoms with Crippen molar-refractivity contribution in [1.29, 1.82) is 0 Å². The van der Waals surface area contributed by atoms with Gasteiger partial charge < -0.3 is 18.8 Å². The molecule has 2 aromatic carbocycles. The van der Waals surface area contributed by atoms with E-state index in [4.69, 9.17) is 13.7 Å². The average molecular weight is 476 g/mol. The number of aromatic nitrogens is 2. The highest BCUT2D eigenvalue weighted by Crippen LogP contribution is 2.30. The minimum Gasteiger partial charge on any atom is -0.478 e. The summed E-state index contributed by atoms with van der Waals surface area (Å²) >= 11 is 0. The van der Waals surface area contributed by atoms with Gasteiger partial charge in [0.2, 0.25) is 5.89 Å². The summed E-state index contributed by atoms with van der Waals surface area (Å²) in [6.07, 6.45) is 3.18. The lowest BCUT2D eigenvalue weighted by atomic mass is 10.0. The number of carboxylic acid groups (broad SMARTS) is 1. The van der Waals surface area contributed by atoms with E-state index in [9.17, 15) is 9.90 Å². The van der Waals surface area contributed by atoms with Crippen LogP contribution in [-0.4, -0.2) is 31.7 Å². The van der Waals surface area contributed by atoms with E-state index in [1.165, 1.54) is 0 Å². The van der Waals surface area contributed by atoms with Crippen LogP contribution in [0.2, 0.25) is 0 Å². The monoisotopic (exact) mass is 475 g/mol. The Morgan fingerprint density at radius 1 is 1.06 bits per heavy atom. The second-order valence-electron chi connectivity index (χ2n) is 9.10. The third-order valence-corrected chi connectivity index (χ3v) is 5.64. The first-order valence-electron chi connectivity index (χ1n) is 11.4. The molecule has 0 aliphatic carbocycles. The molecule has 0 aliphatic heterocycles. The number of hydrogen-bond acceptors (Lipinski definition) is 7. The van der Waals surface area contributed by atoms with Crippen molar-refractivity contribution in [2.75, 3.05) is 0 Å². The number of ether oxygens (including phenoxy) is 1. The maximum atomic E-state index is 11.5. The summed E-state index contributed by atoms with van der Waals surface area (Å²) in [7, 11) is 0. The summed E-state index contributed by atoms with van der Waals surface area (Å²) in [6, 6.07) is 15.8. The van der Waals surface area contributed by atoms with Gasteiger partial charge in [0.05, 0.1) is 18.4 Å². The Bertz CT molecular complexity index is 1260. The molecule has 0 radical (unpaired) electrons. The van der Waals surface area contributed by atoms with Crippen LogP contribution in [0.25, 0.3) is 11.3 Å². The fourth-order valence-electron chi connectivity index (χ4n) is 3.89. The van der Waals surface area contributed by atoms with Crippen LogP contribution in [0.15, 0.2) is 69.9 Å². The summed E-state index contributed by atoms with van der Waals surface area (Å²) in [5.74, 6) is 0.892. The lowest BCUT2D eigenvalue weighted by molar-refractivity contribution is -0.152. The number of carboxylic acids is 1. The van der Waals surface area contributed by atoms with E-state index in [0.717, 1.165) is 27.9 Å². The van der Waals surface area contributed by atoms with Crippen molar-refractivity contribution in [1.82, 2.24) is 15.0 Å². The molecule has 182 valence electrons. The largest absolute Gasteiger partial charge is 0.478 e. The van der Waals surface area contributed by atoms with Gasteiger partial charge in [0.15, 0.2) is 11.4 Å². The Kier molecular flexibility index (Phi) is 7.02. The molecule has 2 heterocycles. The van der Waals surface area contributed by atoms with E-state index in [1.54, 1.807) is 26.3 Å². The Labute approximate surface area is 204 Å². The minimum absolute atomic E-state index is 0.489. The van der Waals surface area contributed by atoms with E-state index in [1.807, 2.05) is 62.4 Å². The molecule has 0 aliphatic rings. The summed E-state index contributed by atoms with van der Waals surface area (Å²) in [5, 5.41) is 13.7. The van der Waals surface area contributed by atoms with Gasteiger partial charge in [0.25, 0.3) is 0 Å². The zero-order chi connectivity index (χ0) is 25.0. The van der Waals surface area contributed by atoms with E-state index in [0.29, 0.717) is 37.0 Å². The predicted molar refractivity (Wildman–Crippen MR) is 130 cm³/mol. The fraction of sp³-hybridized carbons (Fsp3) is 0.296. The van der Waals surface area contributed by atoms with Crippen LogP contribution in [0, 0.1) is 13.8 Å². The number of oxazole rings is 1. The molecule has 2 aromatic heterocycles. The number of hydrogen-bond donors (Lipinski definition) is 1. The zero-order valence-electron chi connectivity index (χ0n) is 20.3. The molecule has 0 spiro atoms. The van der Waals surface area contributed by atoms with Crippen LogP contribution in [-0.2, 0) is 24.4 Å². The van der Waals surface area contributed by atoms with Crippen LogP contribution in [0.4, 0.5) is 0 Å². The van der Waals surface area contributed by atoms with Crippen molar-refractivity contribution in [2.24, 2.45) is 0 Å². The predicted octanol–water partition coefficient (Wildman–Crippen LogP) is 5.39. The topological polar surface area (TPSA) is 102 Å². The lowest BCUT2D eigenvalue weighted by Crippen LogP contribution is -2.38. The van der Waals surface area contributed by atoms with Gasteiger partial charge in [0, 0.05) is 24.7 Å². The molecule has 8 nitrogen and oxygen atoms in total. The van der Waals surface area contributed by atoms with Crippen LogP contribution >= 0.6 is 0 Å². The molecule has 1 N–H and O–H groups in total. The van der Waals surface area contributed by atoms with Crippen LogP contribution in [0.3, 0.4) is 0 Å². The quantitative estimate of drug-likeness (QED) is 0.326. The van der Waals surface area contributed by atoms with Gasteiger partial charge in [-0.25, -0.2) is 9.78 Å². The fourth-order valence-corrected chi connectivity index (χ4v) is 3.89. The zero-order valence-corrected chi connectivity index (χ0v) is 20.3. The Hall–Kier alpha value is -3.91. The van der Waals surface area contributed by atoms with Crippen LogP contribution in [0.5, 0.6) is 5.75 Å². The van der Waals surface area contributed by atoms with Gasteiger partial charge in [-0.1, -0.05) is 47.6 Å². The van der Waals surface area contributed by atoms with Gasteiger partial charge in [0.1, 0.15) is 12.0 Å². The van der Waals surface area contributed by atoms with Crippen molar-refractivity contribution >= 4 is 5.97 Å². The number of nitrogens with zero attached hydrogens (tertiary/aromatic N) is 3. The molecular formula is C27H29N3O5. The minimum atomic E-state index is -1.32. The molecule has 8 heteroatoms. The summed E-state index contributed by atoms with van der Waals surface area (Å²) < 4.78 is 16.9.